The summed E-state index contributed by atoms with van der Waals surface area (Å²) in [6.07, 6.45) is 3.04. The van der Waals surface area contributed by atoms with Crippen LogP contribution in [-0.4, -0.2) is 57.9 Å². The van der Waals surface area contributed by atoms with Crippen LogP contribution >= 0.6 is 0 Å². The fraction of sp³-hybridized carbons (Fsp3) is 0.381. The van der Waals surface area contributed by atoms with E-state index in [2.05, 4.69) is 26.1 Å². The van der Waals surface area contributed by atoms with E-state index in [1.165, 1.54) is 0 Å². The van der Waals surface area contributed by atoms with Gasteiger partial charge in [-0.1, -0.05) is 6.07 Å². The van der Waals surface area contributed by atoms with E-state index in [1.54, 1.807) is 24.4 Å². The standard InChI is InChI=1S/C21H22N6O4/c28-17-4-3-16(19(29)25-17)27-20(30)13-2-1-11(7-14(13)21(27)31)8-23-15-10-24-26-18(15)12-5-6-22-9-12/h1-2,7,10,12,16,22-23H,3-6,8-9H2,(H,24,26)(H,25,28,29). The lowest BCUT2D eigenvalue weighted by Crippen LogP contribution is -2.54. The first-order chi connectivity index (χ1) is 15.0. The molecule has 3 aliphatic heterocycles. The molecule has 5 rings (SSSR count). The molecule has 10 nitrogen and oxygen atoms in total. The number of rotatable bonds is 5. The van der Waals surface area contributed by atoms with E-state index < -0.39 is 29.7 Å². The van der Waals surface area contributed by atoms with Gasteiger partial charge in [-0.2, -0.15) is 5.10 Å². The van der Waals surface area contributed by atoms with Crippen molar-refractivity contribution in [2.24, 2.45) is 0 Å². The smallest absolute Gasteiger partial charge is 0.262 e. The van der Waals surface area contributed by atoms with E-state index in [0.717, 1.165) is 41.4 Å². The topological polar surface area (TPSA) is 136 Å². The van der Waals surface area contributed by atoms with Crippen molar-refractivity contribution in [1.82, 2.24) is 25.7 Å². The molecule has 0 radical (unpaired) electrons. The summed E-state index contributed by atoms with van der Waals surface area (Å²) in [4.78, 5) is 50.3. The number of fused-ring (bicyclic) bond motifs is 1. The minimum absolute atomic E-state index is 0.0997. The van der Waals surface area contributed by atoms with Crippen molar-refractivity contribution in [2.45, 2.75) is 37.8 Å². The SMILES string of the molecule is O=C1CCC(N2C(=O)c3ccc(CNc4cn[nH]c4C4CCNC4)cc3C2=O)C(=O)N1. The fourth-order valence-electron chi connectivity index (χ4n) is 4.47. The van der Waals surface area contributed by atoms with Crippen LogP contribution < -0.4 is 16.0 Å². The summed E-state index contributed by atoms with van der Waals surface area (Å²) >= 11 is 0. The molecule has 2 aromatic rings. The van der Waals surface area contributed by atoms with Crippen molar-refractivity contribution >= 4 is 29.3 Å². The van der Waals surface area contributed by atoms with Gasteiger partial charge < -0.3 is 10.6 Å². The van der Waals surface area contributed by atoms with Gasteiger partial charge in [-0.3, -0.25) is 34.5 Å². The fourth-order valence-corrected chi connectivity index (χ4v) is 4.47. The summed E-state index contributed by atoms with van der Waals surface area (Å²) < 4.78 is 0. The molecule has 0 saturated carbocycles. The molecule has 160 valence electrons. The number of nitrogens with one attached hydrogen (secondary N) is 4. The highest BCUT2D eigenvalue weighted by atomic mass is 16.2. The molecule has 0 bridgehead atoms. The third-order valence-electron chi connectivity index (χ3n) is 6.12. The number of benzene rings is 1. The van der Waals surface area contributed by atoms with Gasteiger partial charge in [0.2, 0.25) is 11.8 Å². The van der Waals surface area contributed by atoms with Gasteiger partial charge in [-0.15, -0.1) is 0 Å². The van der Waals surface area contributed by atoms with Crippen LogP contribution in [0, 0.1) is 0 Å². The summed E-state index contributed by atoms with van der Waals surface area (Å²) in [5.41, 5.74) is 3.37. The third kappa shape index (κ3) is 3.38. The summed E-state index contributed by atoms with van der Waals surface area (Å²) in [5, 5.41) is 16.1. The molecular formula is C21H22N6O4. The van der Waals surface area contributed by atoms with Crippen molar-refractivity contribution < 1.29 is 19.2 Å². The lowest BCUT2D eigenvalue weighted by atomic mass is 10.0. The number of carbonyl (C=O) groups excluding carboxylic acids is 4. The maximum atomic E-state index is 12.9. The zero-order valence-corrected chi connectivity index (χ0v) is 16.7. The Hall–Kier alpha value is -3.53. The van der Waals surface area contributed by atoms with E-state index in [-0.39, 0.29) is 24.0 Å². The number of nitrogens with zero attached hydrogens (tertiary/aromatic N) is 2. The van der Waals surface area contributed by atoms with Crippen LogP contribution in [0.3, 0.4) is 0 Å². The van der Waals surface area contributed by atoms with Gasteiger partial charge in [-0.05, 0) is 37.1 Å². The molecule has 4 heterocycles. The molecule has 10 heteroatoms. The van der Waals surface area contributed by atoms with Gasteiger partial charge in [-0.25, -0.2) is 0 Å². The highest BCUT2D eigenvalue weighted by Gasteiger charge is 2.44. The van der Waals surface area contributed by atoms with E-state index in [0.29, 0.717) is 12.5 Å². The number of hydrogen-bond acceptors (Lipinski definition) is 7. The van der Waals surface area contributed by atoms with Crippen LogP contribution in [0.2, 0.25) is 0 Å². The number of carbonyl (C=O) groups is 4. The monoisotopic (exact) mass is 422 g/mol. The average molecular weight is 422 g/mol. The van der Waals surface area contributed by atoms with Crippen LogP contribution in [0.5, 0.6) is 0 Å². The van der Waals surface area contributed by atoms with E-state index >= 15 is 0 Å². The average Bonchev–Trinajstić information content (AvgIpc) is 3.48. The highest BCUT2D eigenvalue weighted by molar-refractivity contribution is 6.23. The number of anilines is 1. The minimum atomic E-state index is -0.958. The predicted octanol–water partition coefficient (Wildman–Crippen LogP) is 0.500. The van der Waals surface area contributed by atoms with Crippen LogP contribution in [0.1, 0.15) is 57.2 Å². The molecule has 4 amide bonds. The molecule has 31 heavy (non-hydrogen) atoms. The molecule has 3 aliphatic rings. The Morgan fingerprint density at radius 3 is 2.71 bits per heavy atom. The Bertz CT molecular complexity index is 1090. The Morgan fingerprint density at radius 1 is 1.10 bits per heavy atom. The van der Waals surface area contributed by atoms with Crippen molar-refractivity contribution in [3.8, 4) is 0 Å². The van der Waals surface area contributed by atoms with Crippen LogP contribution in [0.15, 0.2) is 24.4 Å². The second-order valence-corrected chi connectivity index (χ2v) is 8.07. The van der Waals surface area contributed by atoms with Gasteiger partial charge in [0.05, 0.1) is 28.7 Å². The number of aromatic amines is 1. The normalized spacial score (nSPS) is 23.3. The lowest BCUT2D eigenvalue weighted by molar-refractivity contribution is -0.136. The number of piperidine rings is 1. The second kappa shape index (κ2) is 7.62. The largest absolute Gasteiger partial charge is 0.378 e. The Kier molecular flexibility index (Phi) is 4.78. The van der Waals surface area contributed by atoms with Crippen LogP contribution in [-0.2, 0) is 16.1 Å². The third-order valence-corrected chi connectivity index (χ3v) is 6.12. The molecule has 2 atom stereocenters. The molecule has 0 aliphatic carbocycles. The van der Waals surface area contributed by atoms with E-state index in [4.69, 9.17) is 0 Å². The summed E-state index contributed by atoms with van der Waals surface area (Å²) in [5.74, 6) is -1.62. The van der Waals surface area contributed by atoms with Crippen LogP contribution in [0.25, 0.3) is 0 Å². The van der Waals surface area contributed by atoms with Crippen molar-refractivity contribution in [2.75, 3.05) is 18.4 Å². The number of H-pyrrole nitrogens is 1. The number of hydrogen-bond donors (Lipinski definition) is 4. The summed E-state index contributed by atoms with van der Waals surface area (Å²) in [7, 11) is 0. The zero-order valence-electron chi connectivity index (χ0n) is 16.7. The van der Waals surface area contributed by atoms with E-state index in [9.17, 15) is 19.2 Å². The first-order valence-electron chi connectivity index (χ1n) is 10.4. The van der Waals surface area contributed by atoms with Gasteiger partial charge in [0.15, 0.2) is 0 Å². The molecule has 4 N–H and O–H groups in total. The molecule has 0 spiro atoms. The molecule has 1 aromatic heterocycles. The van der Waals surface area contributed by atoms with Gasteiger partial charge >= 0.3 is 0 Å². The summed E-state index contributed by atoms with van der Waals surface area (Å²) in [6.45, 7) is 2.34. The molecule has 2 unspecified atom stereocenters. The van der Waals surface area contributed by atoms with E-state index in [1.807, 2.05) is 0 Å². The summed E-state index contributed by atoms with van der Waals surface area (Å²) in [6, 6.07) is 4.14. The van der Waals surface area contributed by atoms with Gasteiger partial charge in [0.25, 0.3) is 11.8 Å². The second-order valence-electron chi connectivity index (χ2n) is 8.07. The Balaban J connectivity index is 1.32. The maximum Gasteiger partial charge on any atom is 0.262 e. The minimum Gasteiger partial charge on any atom is -0.378 e. The maximum absolute atomic E-state index is 12.9. The first-order valence-corrected chi connectivity index (χ1v) is 10.4. The van der Waals surface area contributed by atoms with Crippen molar-refractivity contribution in [3.63, 3.8) is 0 Å². The zero-order chi connectivity index (χ0) is 21.5. The molecule has 2 fully saturated rings. The molecule has 1 aromatic carbocycles. The number of amides is 4. The number of imide groups is 2. The molecular weight excluding hydrogens is 400 g/mol. The van der Waals surface area contributed by atoms with Crippen molar-refractivity contribution in [1.29, 1.82) is 0 Å². The van der Waals surface area contributed by atoms with Crippen molar-refractivity contribution in [3.05, 3.63) is 46.8 Å². The number of aromatic nitrogens is 2. The molecule has 2 saturated heterocycles. The Morgan fingerprint density at radius 2 is 1.94 bits per heavy atom. The van der Waals surface area contributed by atoms with Crippen LogP contribution in [0.4, 0.5) is 5.69 Å². The predicted molar refractivity (Wildman–Crippen MR) is 109 cm³/mol. The quantitative estimate of drug-likeness (QED) is 0.515. The van der Waals surface area contributed by atoms with Gasteiger partial charge in [0.1, 0.15) is 6.04 Å². The Labute approximate surface area is 177 Å². The lowest BCUT2D eigenvalue weighted by Gasteiger charge is -2.27. The first kappa shape index (κ1) is 19.4. The van der Waals surface area contributed by atoms with Gasteiger partial charge in [0, 0.05) is 25.4 Å². The highest BCUT2D eigenvalue weighted by Crippen LogP contribution is 2.30.